The number of carbonyl (C=O) groups is 1. The lowest BCUT2D eigenvalue weighted by atomic mass is 9.96. The van der Waals surface area contributed by atoms with Gasteiger partial charge < -0.3 is 89.9 Å². The van der Waals surface area contributed by atoms with Crippen molar-refractivity contribution >= 4 is 5.91 Å². The summed E-state index contributed by atoms with van der Waals surface area (Å²) in [5, 5.41) is 121. The van der Waals surface area contributed by atoms with Crippen molar-refractivity contribution in [1.82, 2.24) is 5.32 Å². The fourth-order valence-corrected chi connectivity index (χ4v) is 13.4. The van der Waals surface area contributed by atoms with Crippen molar-refractivity contribution in [2.24, 2.45) is 0 Å². The number of aliphatic hydroxyl groups is 11. The van der Waals surface area contributed by atoms with Gasteiger partial charge in [0.05, 0.1) is 38.6 Å². The number of amides is 1. The molecule has 3 aliphatic rings. The van der Waals surface area contributed by atoms with Crippen LogP contribution in [-0.2, 0) is 33.2 Å². The molecule has 19 heteroatoms. The zero-order valence-corrected chi connectivity index (χ0v) is 60.1. The van der Waals surface area contributed by atoms with Gasteiger partial charge in [0.25, 0.3) is 0 Å². The Labute approximate surface area is 581 Å². The lowest BCUT2D eigenvalue weighted by Crippen LogP contribution is -2.66. The average Bonchev–Trinajstić information content (AvgIpc) is 0.798. The minimum Gasteiger partial charge on any atom is -0.394 e. The predicted octanol–water partition coefficient (Wildman–Crippen LogP) is 12.3. The fraction of sp³-hybridized carbons (Fsp3) is 0.909. The highest BCUT2D eigenvalue weighted by atomic mass is 16.8. The van der Waals surface area contributed by atoms with Gasteiger partial charge in [-0.1, -0.05) is 294 Å². The molecule has 96 heavy (non-hydrogen) atoms. The molecule has 17 unspecified atom stereocenters. The maximum Gasteiger partial charge on any atom is 0.220 e. The number of hydrogen-bond donors (Lipinski definition) is 12. The molecule has 3 heterocycles. The van der Waals surface area contributed by atoms with Crippen LogP contribution in [0.15, 0.2) is 36.5 Å². The van der Waals surface area contributed by atoms with Gasteiger partial charge in [0.15, 0.2) is 18.9 Å². The molecule has 0 spiro atoms. The highest BCUT2D eigenvalue weighted by molar-refractivity contribution is 5.76. The Balaban J connectivity index is 1.33. The minimum atomic E-state index is -1.97. The van der Waals surface area contributed by atoms with Crippen LogP contribution < -0.4 is 5.32 Å². The summed E-state index contributed by atoms with van der Waals surface area (Å²) in [5.74, 6) is -0.238. The molecule has 0 radical (unpaired) electrons. The molecule has 0 aromatic rings. The monoisotopic (exact) mass is 1370 g/mol. The summed E-state index contributed by atoms with van der Waals surface area (Å²) in [5.41, 5.74) is 0. The van der Waals surface area contributed by atoms with Gasteiger partial charge in [0, 0.05) is 6.42 Å². The first-order valence-electron chi connectivity index (χ1n) is 39.2. The maximum atomic E-state index is 13.5. The molecule has 12 N–H and O–H groups in total. The van der Waals surface area contributed by atoms with Crippen LogP contribution >= 0.6 is 0 Å². The summed E-state index contributed by atoms with van der Waals surface area (Å²) < 4.78 is 34.5. The molecule has 0 aliphatic carbocycles. The van der Waals surface area contributed by atoms with E-state index in [2.05, 4.69) is 55.6 Å². The summed E-state index contributed by atoms with van der Waals surface area (Å²) in [6, 6.07) is -0.886. The van der Waals surface area contributed by atoms with E-state index in [1.165, 1.54) is 225 Å². The number of rotatable bonds is 62. The minimum absolute atomic E-state index is 0.238. The second kappa shape index (κ2) is 58.5. The molecule has 3 fully saturated rings. The molecule has 0 aromatic carbocycles. The molecule has 3 aliphatic heterocycles. The van der Waals surface area contributed by atoms with Crippen LogP contribution in [0.3, 0.4) is 0 Å². The van der Waals surface area contributed by atoms with E-state index < -0.39 is 124 Å². The number of carbonyl (C=O) groups excluding carboxylic acids is 1. The number of ether oxygens (including phenoxy) is 6. The Morgan fingerprint density at radius 1 is 0.375 bits per heavy atom. The summed E-state index contributed by atoms with van der Waals surface area (Å²) in [4.78, 5) is 13.5. The van der Waals surface area contributed by atoms with Crippen LogP contribution in [0.4, 0.5) is 0 Å². The van der Waals surface area contributed by atoms with Crippen molar-refractivity contribution < 1.29 is 89.4 Å². The number of hydrogen-bond acceptors (Lipinski definition) is 18. The third-order valence-electron chi connectivity index (χ3n) is 19.7. The van der Waals surface area contributed by atoms with E-state index in [1.54, 1.807) is 0 Å². The molecule has 3 rings (SSSR count). The first-order chi connectivity index (χ1) is 46.8. The average molecular weight is 1370 g/mol. The molecule has 1 amide bonds. The van der Waals surface area contributed by atoms with Crippen LogP contribution in [0.25, 0.3) is 0 Å². The van der Waals surface area contributed by atoms with E-state index in [0.717, 1.165) is 57.8 Å². The smallest absolute Gasteiger partial charge is 0.220 e. The maximum absolute atomic E-state index is 13.5. The molecular formula is C77H143NO18. The number of aliphatic hydroxyl groups excluding tert-OH is 11. The third kappa shape index (κ3) is 38.9. The van der Waals surface area contributed by atoms with Crippen LogP contribution in [0, 0.1) is 0 Å². The van der Waals surface area contributed by atoms with E-state index in [4.69, 9.17) is 28.4 Å². The van der Waals surface area contributed by atoms with Gasteiger partial charge >= 0.3 is 0 Å². The van der Waals surface area contributed by atoms with Crippen molar-refractivity contribution in [2.45, 2.75) is 420 Å². The van der Waals surface area contributed by atoms with Gasteiger partial charge in [-0.15, -0.1) is 0 Å². The molecule has 0 bridgehead atoms. The van der Waals surface area contributed by atoms with E-state index in [9.17, 15) is 61.0 Å². The Morgan fingerprint density at radius 2 is 0.688 bits per heavy atom. The summed E-state index contributed by atoms with van der Waals surface area (Å²) >= 11 is 0. The Kier molecular flexibility index (Phi) is 53.8. The highest BCUT2D eigenvalue weighted by Crippen LogP contribution is 2.33. The number of nitrogens with one attached hydrogen (secondary N) is 1. The zero-order chi connectivity index (χ0) is 69.6. The normalized spacial score (nSPS) is 27.2. The van der Waals surface area contributed by atoms with Crippen molar-refractivity contribution in [1.29, 1.82) is 0 Å². The SMILES string of the molecule is CCCCCCC/C=C\C/C=C\C/C=C\CCCCCCCCCCCCCCCCCCCCCCC(=O)NC(COC1OC(CO)C(OC2OC(CO)C(OC3OC(CO)C(O)C(O)C3O)C(O)C2O)C(O)C1O)C(O)CCCCCCCCCCCCCCCCCC. The number of unbranched alkanes of at least 4 members (excludes halogenated alkanes) is 40. The van der Waals surface area contributed by atoms with Crippen LogP contribution in [0.5, 0.6) is 0 Å². The first-order valence-corrected chi connectivity index (χ1v) is 39.2. The van der Waals surface area contributed by atoms with E-state index in [0.29, 0.717) is 12.8 Å². The van der Waals surface area contributed by atoms with Crippen molar-refractivity contribution in [3.05, 3.63) is 36.5 Å². The summed E-state index contributed by atoms with van der Waals surface area (Å²) in [7, 11) is 0. The second-order valence-electron chi connectivity index (χ2n) is 28.2. The van der Waals surface area contributed by atoms with Crippen LogP contribution in [0.1, 0.15) is 316 Å². The van der Waals surface area contributed by atoms with Crippen molar-refractivity contribution in [3.63, 3.8) is 0 Å². The Bertz CT molecular complexity index is 1880. The van der Waals surface area contributed by atoms with Crippen molar-refractivity contribution in [3.8, 4) is 0 Å². The molecule has 0 aromatic heterocycles. The lowest BCUT2D eigenvalue weighted by molar-refractivity contribution is -0.379. The Hall–Kier alpha value is -1.99. The first kappa shape index (κ1) is 88.2. The molecule has 17 atom stereocenters. The third-order valence-corrected chi connectivity index (χ3v) is 19.7. The molecule has 19 nitrogen and oxygen atoms in total. The van der Waals surface area contributed by atoms with Gasteiger partial charge in [-0.2, -0.15) is 0 Å². The summed E-state index contributed by atoms with van der Waals surface area (Å²) in [6.45, 7) is 1.82. The van der Waals surface area contributed by atoms with Gasteiger partial charge in [-0.3, -0.25) is 4.79 Å². The van der Waals surface area contributed by atoms with Crippen molar-refractivity contribution in [2.75, 3.05) is 26.4 Å². The molecule has 3 saturated heterocycles. The lowest BCUT2D eigenvalue weighted by Gasteiger charge is -2.48. The quantitative estimate of drug-likeness (QED) is 0.0199. The van der Waals surface area contributed by atoms with E-state index in [-0.39, 0.29) is 18.9 Å². The van der Waals surface area contributed by atoms with E-state index >= 15 is 0 Å². The van der Waals surface area contributed by atoms with Gasteiger partial charge in [0.1, 0.15) is 73.2 Å². The largest absolute Gasteiger partial charge is 0.394 e. The topological polar surface area (TPSA) is 307 Å². The summed E-state index contributed by atoms with van der Waals surface area (Å²) in [6.07, 6.45) is 43.8. The Morgan fingerprint density at radius 3 is 1.07 bits per heavy atom. The van der Waals surface area contributed by atoms with Gasteiger partial charge in [-0.05, 0) is 51.4 Å². The standard InChI is InChI=1S/C77H143NO18/c1-3-5-7-9-11-13-15-17-19-21-22-23-24-25-26-27-28-29-30-31-32-33-34-35-36-37-38-39-41-43-45-47-49-51-53-55-65(83)78-60(61(82)54-52-50-48-46-44-42-40-20-18-16-14-12-10-8-6-4-2)59-91-75-71(89)68(86)73(63(57-80)93-75)96-77-72(90)69(87)74(64(58-81)94-77)95-76-70(88)67(85)66(84)62(56-79)92-76/h15,17,21-22,24-25,60-64,66-77,79-82,84-90H,3-14,16,18-20,23,26-59H2,1-2H3,(H,78,83)/b17-15-,22-21-,25-24-. The predicted molar refractivity (Wildman–Crippen MR) is 379 cm³/mol. The fourth-order valence-electron chi connectivity index (χ4n) is 13.4. The highest BCUT2D eigenvalue weighted by Gasteiger charge is 2.54. The zero-order valence-electron chi connectivity index (χ0n) is 60.1. The molecular weight excluding hydrogens is 1230 g/mol. The second-order valence-corrected chi connectivity index (χ2v) is 28.2. The van der Waals surface area contributed by atoms with E-state index in [1.807, 2.05) is 0 Å². The van der Waals surface area contributed by atoms with Gasteiger partial charge in [0.2, 0.25) is 5.91 Å². The molecule has 564 valence electrons. The molecule has 0 saturated carbocycles. The number of allylic oxidation sites excluding steroid dienone is 6. The van der Waals surface area contributed by atoms with Crippen LogP contribution in [0.2, 0.25) is 0 Å². The van der Waals surface area contributed by atoms with Crippen LogP contribution in [-0.4, -0.2) is 193 Å². The van der Waals surface area contributed by atoms with Gasteiger partial charge in [-0.25, -0.2) is 0 Å².